The Kier molecular flexibility index (Phi) is 7.87. The van der Waals surface area contributed by atoms with Gasteiger partial charge in [-0.3, -0.25) is 19.9 Å². The number of carboxylic acids is 1. The molecular formula is C27H28ClN5O3. The summed E-state index contributed by atoms with van der Waals surface area (Å²) in [5.41, 5.74) is 11.3. The smallest absolute Gasteiger partial charge is 0.304 e. The lowest BCUT2D eigenvalue weighted by atomic mass is 9.94. The fraction of sp³-hybridized carbons (Fsp3) is 0.222. The summed E-state index contributed by atoms with van der Waals surface area (Å²) in [5, 5.41) is 23.2. The van der Waals surface area contributed by atoms with Crippen LogP contribution >= 0.6 is 11.6 Å². The third-order valence-electron chi connectivity index (χ3n) is 6.24. The molecule has 36 heavy (non-hydrogen) atoms. The Bertz CT molecular complexity index is 1290. The maximum Gasteiger partial charge on any atom is 0.304 e. The number of nitrogens with one attached hydrogen (secondary N) is 3. The van der Waals surface area contributed by atoms with E-state index in [4.69, 9.17) is 27.9 Å². The van der Waals surface area contributed by atoms with Crippen LogP contribution in [0.2, 0.25) is 5.02 Å². The highest BCUT2D eigenvalue weighted by molar-refractivity contribution is 6.31. The van der Waals surface area contributed by atoms with Crippen molar-refractivity contribution >= 4 is 40.7 Å². The summed E-state index contributed by atoms with van der Waals surface area (Å²) in [4.78, 5) is 26.2. The lowest BCUT2D eigenvalue weighted by molar-refractivity contribution is -0.137. The van der Waals surface area contributed by atoms with Crippen molar-refractivity contribution in [3.8, 4) is 0 Å². The minimum atomic E-state index is -0.793. The number of halogens is 1. The number of carboxylic acid groups (broad SMARTS) is 1. The maximum atomic E-state index is 13.1. The first kappa shape index (κ1) is 25.2. The Hall–Kier alpha value is -3.88. The second kappa shape index (κ2) is 11.2. The second-order valence-corrected chi connectivity index (χ2v) is 9.15. The summed E-state index contributed by atoms with van der Waals surface area (Å²) < 4.78 is 0. The van der Waals surface area contributed by atoms with Crippen LogP contribution < -0.4 is 16.4 Å². The molecule has 0 atom stereocenters. The van der Waals surface area contributed by atoms with Gasteiger partial charge in [-0.15, -0.1) is 0 Å². The Morgan fingerprint density at radius 1 is 1.11 bits per heavy atom. The van der Waals surface area contributed by atoms with E-state index in [9.17, 15) is 9.59 Å². The molecule has 3 aromatic carbocycles. The number of amidine groups is 1. The van der Waals surface area contributed by atoms with Crippen molar-refractivity contribution in [2.24, 2.45) is 5.73 Å². The highest BCUT2D eigenvalue weighted by Crippen LogP contribution is 2.26. The Morgan fingerprint density at radius 2 is 1.89 bits per heavy atom. The number of amides is 1. The van der Waals surface area contributed by atoms with Crippen LogP contribution in [0.5, 0.6) is 0 Å². The average molecular weight is 506 g/mol. The van der Waals surface area contributed by atoms with Crippen LogP contribution in [0, 0.1) is 5.41 Å². The van der Waals surface area contributed by atoms with Crippen LogP contribution in [-0.4, -0.2) is 40.8 Å². The van der Waals surface area contributed by atoms with Crippen LogP contribution in [-0.2, 0) is 24.3 Å². The summed E-state index contributed by atoms with van der Waals surface area (Å²) in [5.74, 6) is -1.15. The van der Waals surface area contributed by atoms with E-state index in [0.29, 0.717) is 47.2 Å². The van der Waals surface area contributed by atoms with Gasteiger partial charge in [0.25, 0.3) is 5.91 Å². The van der Waals surface area contributed by atoms with Gasteiger partial charge in [0.05, 0.1) is 12.0 Å². The van der Waals surface area contributed by atoms with Gasteiger partial charge in [-0.2, -0.15) is 0 Å². The number of fused-ring (bicyclic) bond motifs is 1. The van der Waals surface area contributed by atoms with Crippen molar-refractivity contribution in [2.75, 3.05) is 23.7 Å². The van der Waals surface area contributed by atoms with Crippen LogP contribution in [0.15, 0.2) is 60.7 Å². The highest BCUT2D eigenvalue weighted by atomic mass is 35.5. The van der Waals surface area contributed by atoms with Gasteiger partial charge in [-0.05, 0) is 65.6 Å². The van der Waals surface area contributed by atoms with E-state index in [0.717, 1.165) is 18.5 Å². The Balaban J connectivity index is 1.49. The molecule has 1 amide bonds. The van der Waals surface area contributed by atoms with Gasteiger partial charge in [0.1, 0.15) is 5.84 Å². The van der Waals surface area contributed by atoms with Crippen molar-refractivity contribution in [1.29, 1.82) is 5.41 Å². The first-order chi connectivity index (χ1) is 17.3. The largest absolute Gasteiger partial charge is 0.481 e. The molecule has 0 aromatic heterocycles. The van der Waals surface area contributed by atoms with Crippen molar-refractivity contribution in [3.05, 3.63) is 93.5 Å². The zero-order valence-electron chi connectivity index (χ0n) is 19.7. The Morgan fingerprint density at radius 3 is 2.61 bits per heavy atom. The van der Waals surface area contributed by atoms with Crippen molar-refractivity contribution in [1.82, 2.24) is 4.90 Å². The van der Waals surface area contributed by atoms with Crippen molar-refractivity contribution < 1.29 is 14.7 Å². The zero-order valence-corrected chi connectivity index (χ0v) is 20.4. The van der Waals surface area contributed by atoms with E-state index in [1.54, 1.807) is 42.5 Å². The van der Waals surface area contributed by atoms with Crippen LogP contribution in [0.1, 0.15) is 39.0 Å². The number of hydrogen-bond donors (Lipinski definition) is 5. The molecule has 0 spiro atoms. The van der Waals surface area contributed by atoms with Gasteiger partial charge < -0.3 is 21.5 Å². The number of hydrogen-bond acceptors (Lipinski definition) is 5. The molecule has 186 valence electrons. The normalized spacial score (nSPS) is 13.0. The summed E-state index contributed by atoms with van der Waals surface area (Å²) in [6, 6.07) is 18.1. The number of carbonyl (C=O) groups is 2. The number of nitrogen functional groups attached to an aromatic ring is 1. The van der Waals surface area contributed by atoms with Gasteiger partial charge in [-0.1, -0.05) is 29.8 Å². The van der Waals surface area contributed by atoms with Gasteiger partial charge in [0.15, 0.2) is 0 Å². The molecule has 0 bridgehead atoms. The highest BCUT2D eigenvalue weighted by Gasteiger charge is 2.20. The molecule has 1 heterocycles. The minimum Gasteiger partial charge on any atom is -0.481 e. The number of carbonyl (C=O) groups excluding carboxylic acids is 1. The molecule has 8 nitrogen and oxygen atoms in total. The number of nitrogens with zero attached hydrogens (tertiary/aromatic N) is 1. The molecule has 3 aromatic rings. The summed E-state index contributed by atoms with van der Waals surface area (Å²) in [6.45, 7) is 2.56. The third-order valence-corrected chi connectivity index (χ3v) is 6.48. The first-order valence-corrected chi connectivity index (χ1v) is 12.0. The molecule has 0 radical (unpaired) electrons. The molecule has 9 heteroatoms. The number of aliphatic carboxylic acids is 1. The molecule has 0 aliphatic carbocycles. The molecule has 1 aliphatic rings. The molecule has 4 rings (SSSR count). The predicted octanol–water partition coefficient (Wildman–Crippen LogP) is 4.32. The maximum absolute atomic E-state index is 13.1. The van der Waals surface area contributed by atoms with Gasteiger partial charge in [-0.25, -0.2) is 0 Å². The average Bonchev–Trinajstić information content (AvgIpc) is 2.86. The number of anilines is 2. The lowest BCUT2D eigenvalue weighted by Crippen LogP contribution is -2.33. The number of benzene rings is 3. The molecule has 0 fully saturated rings. The molecule has 0 saturated heterocycles. The van der Waals surface area contributed by atoms with E-state index in [1.807, 2.05) is 6.07 Å². The third kappa shape index (κ3) is 6.21. The standard InChI is InChI=1S/C27H28ClN5O3/c28-20-6-9-24(22(14-20)27(36)32-21-7-4-18(5-8-21)26(29)30)31-15-19-3-1-2-17-10-12-33(16-23(17)19)13-11-25(34)35/h1-9,14,31H,10-13,15-16H2,(H3,29,30)(H,32,36)(H,34,35). The van der Waals surface area contributed by atoms with Crippen molar-refractivity contribution in [2.45, 2.75) is 25.9 Å². The van der Waals surface area contributed by atoms with Crippen LogP contribution in [0.4, 0.5) is 11.4 Å². The molecule has 6 N–H and O–H groups in total. The number of rotatable bonds is 9. The van der Waals surface area contributed by atoms with Crippen LogP contribution in [0.25, 0.3) is 0 Å². The van der Waals surface area contributed by atoms with Gasteiger partial charge in [0.2, 0.25) is 0 Å². The van der Waals surface area contributed by atoms with E-state index in [1.165, 1.54) is 11.1 Å². The second-order valence-electron chi connectivity index (χ2n) is 8.71. The topological polar surface area (TPSA) is 132 Å². The fourth-order valence-electron chi connectivity index (χ4n) is 4.30. The zero-order chi connectivity index (χ0) is 25.7. The fourth-order valence-corrected chi connectivity index (χ4v) is 4.47. The van der Waals surface area contributed by atoms with Crippen LogP contribution in [0.3, 0.4) is 0 Å². The summed E-state index contributed by atoms with van der Waals surface area (Å²) >= 11 is 6.21. The monoisotopic (exact) mass is 505 g/mol. The van der Waals surface area contributed by atoms with Gasteiger partial charge in [0, 0.05) is 48.1 Å². The van der Waals surface area contributed by atoms with Crippen molar-refractivity contribution in [3.63, 3.8) is 0 Å². The number of nitrogens with two attached hydrogens (primary N) is 1. The molecule has 1 aliphatic heterocycles. The minimum absolute atomic E-state index is 0.0395. The summed E-state index contributed by atoms with van der Waals surface area (Å²) in [6.07, 6.45) is 0.996. The van der Waals surface area contributed by atoms with E-state index >= 15 is 0 Å². The van der Waals surface area contributed by atoms with E-state index in [2.05, 4.69) is 27.7 Å². The van der Waals surface area contributed by atoms with E-state index < -0.39 is 5.97 Å². The first-order valence-electron chi connectivity index (χ1n) is 11.6. The SMILES string of the molecule is N=C(N)c1ccc(NC(=O)c2cc(Cl)ccc2NCc2cccc3c2CN(CCC(=O)O)CC3)cc1. The van der Waals surface area contributed by atoms with E-state index in [-0.39, 0.29) is 18.2 Å². The quantitative estimate of drug-likeness (QED) is 0.217. The molecule has 0 unspecified atom stereocenters. The summed E-state index contributed by atoms with van der Waals surface area (Å²) in [7, 11) is 0. The molecular weight excluding hydrogens is 478 g/mol. The predicted molar refractivity (Wildman–Crippen MR) is 142 cm³/mol. The molecule has 0 saturated carbocycles. The lowest BCUT2D eigenvalue weighted by Gasteiger charge is -2.30. The van der Waals surface area contributed by atoms with Gasteiger partial charge >= 0.3 is 5.97 Å². The Labute approximate surface area is 214 Å².